The minimum absolute atomic E-state index is 0.0319. The minimum atomic E-state index is -0.269. The van der Waals surface area contributed by atoms with Gasteiger partial charge in [-0.3, -0.25) is 0 Å². The molecular formula is C12H18O. The fourth-order valence-electron chi connectivity index (χ4n) is 1.14. The van der Waals surface area contributed by atoms with Crippen molar-refractivity contribution >= 4 is 0 Å². The van der Waals surface area contributed by atoms with Gasteiger partial charge in [-0.1, -0.05) is 51.1 Å². The zero-order valence-corrected chi connectivity index (χ0v) is 8.62. The molecule has 0 aliphatic carbocycles. The average molecular weight is 178 g/mol. The maximum Gasteiger partial charge on any atom is 0.0628 e. The topological polar surface area (TPSA) is 20.2 Å². The summed E-state index contributed by atoms with van der Waals surface area (Å²) in [6.07, 6.45) is 0.472. The van der Waals surface area contributed by atoms with Crippen LogP contribution in [0.1, 0.15) is 26.3 Å². The summed E-state index contributed by atoms with van der Waals surface area (Å²) in [5.41, 5.74) is 1.17. The van der Waals surface area contributed by atoms with Gasteiger partial charge in [-0.2, -0.15) is 0 Å². The van der Waals surface area contributed by atoms with Crippen LogP contribution in [0.4, 0.5) is 0 Å². The smallest absolute Gasteiger partial charge is 0.0628 e. The van der Waals surface area contributed by atoms with Crippen LogP contribution in [0, 0.1) is 5.41 Å². The van der Waals surface area contributed by atoms with Crippen LogP contribution < -0.4 is 0 Å². The number of hydrogen-bond acceptors (Lipinski definition) is 1. The van der Waals surface area contributed by atoms with Gasteiger partial charge < -0.3 is 5.11 Å². The van der Waals surface area contributed by atoms with Crippen molar-refractivity contribution < 1.29 is 5.11 Å². The molecule has 0 bridgehead atoms. The van der Waals surface area contributed by atoms with Crippen molar-refractivity contribution in [3.05, 3.63) is 35.9 Å². The molecule has 1 aromatic carbocycles. The molecule has 0 saturated heterocycles. The van der Waals surface area contributed by atoms with E-state index in [0.717, 1.165) is 6.42 Å². The van der Waals surface area contributed by atoms with E-state index in [0.29, 0.717) is 0 Å². The second-order valence-corrected chi connectivity index (χ2v) is 4.57. The zero-order chi connectivity index (χ0) is 9.90. The van der Waals surface area contributed by atoms with Gasteiger partial charge >= 0.3 is 0 Å². The Hall–Kier alpha value is -0.820. The number of benzene rings is 1. The lowest BCUT2D eigenvalue weighted by atomic mass is 9.85. The van der Waals surface area contributed by atoms with Crippen LogP contribution >= 0.6 is 0 Å². The van der Waals surface area contributed by atoms with Crippen LogP contribution in [0.3, 0.4) is 0 Å². The van der Waals surface area contributed by atoms with Crippen molar-refractivity contribution in [3.8, 4) is 0 Å². The second kappa shape index (κ2) is 3.93. The summed E-state index contributed by atoms with van der Waals surface area (Å²) in [5, 5.41) is 9.84. The van der Waals surface area contributed by atoms with Gasteiger partial charge in [0.05, 0.1) is 6.10 Å². The van der Waals surface area contributed by atoms with Gasteiger partial charge in [0, 0.05) is 0 Å². The summed E-state index contributed by atoms with van der Waals surface area (Å²) in [5.74, 6) is 0. The minimum Gasteiger partial charge on any atom is -0.392 e. The first-order valence-electron chi connectivity index (χ1n) is 4.72. The summed E-state index contributed by atoms with van der Waals surface area (Å²) < 4.78 is 0. The molecule has 0 aromatic heterocycles. The first kappa shape index (κ1) is 10.3. The van der Waals surface area contributed by atoms with E-state index in [1.807, 2.05) is 18.2 Å². The Morgan fingerprint density at radius 3 is 2.15 bits per heavy atom. The van der Waals surface area contributed by atoms with Crippen LogP contribution in [0.15, 0.2) is 30.3 Å². The Kier molecular flexibility index (Phi) is 3.10. The van der Waals surface area contributed by atoms with E-state index in [4.69, 9.17) is 0 Å². The highest BCUT2D eigenvalue weighted by molar-refractivity contribution is 5.15. The molecule has 0 heterocycles. The van der Waals surface area contributed by atoms with Crippen molar-refractivity contribution in [2.45, 2.75) is 33.3 Å². The lowest BCUT2D eigenvalue weighted by Gasteiger charge is -2.25. The Morgan fingerprint density at radius 2 is 1.69 bits per heavy atom. The third-order valence-corrected chi connectivity index (χ3v) is 2.27. The maximum absolute atomic E-state index is 9.84. The summed E-state index contributed by atoms with van der Waals surface area (Å²) in [7, 11) is 0. The largest absolute Gasteiger partial charge is 0.392 e. The number of aliphatic hydroxyl groups excluding tert-OH is 1. The number of aliphatic hydroxyl groups is 1. The van der Waals surface area contributed by atoms with E-state index >= 15 is 0 Å². The monoisotopic (exact) mass is 178 g/mol. The molecule has 0 saturated carbocycles. The Morgan fingerprint density at radius 1 is 1.15 bits per heavy atom. The molecule has 0 spiro atoms. The van der Waals surface area contributed by atoms with Crippen molar-refractivity contribution in [2.24, 2.45) is 5.41 Å². The molecule has 1 N–H and O–H groups in total. The number of hydrogen-bond donors (Lipinski definition) is 1. The predicted octanol–water partition coefficient (Wildman–Crippen LogP) is 2.64. The normalized spacial score (nSPS) is 14.2. The summed E-state index contributed by atoms with van der Waals surface area (Å²) in [6.45, 7) is 6.17. The summed E-state index contributed by atoms with van der Waals surface area (Å²) in [4.78, 5) is 0. The van der Waals surface area contributed by atoms with E-state index in [2.05, 4.69) is 32.9 Å². The Labute approximate surface area is 80.4 Å². The van der Waals surface area contributed by atoms with Crippen molar-refractivity contribution in [3.63, 3.8) is 0 Å². The van der Waals surface area contributed by atoms with E-state index in [1.165, 1.54) is 5.56 Å². The van der Waals surface area contributed by atoms with Gasteiger partial charge in [0.25, 0.3) is 0 Å². The fraction of sp³-hybridized carbons (Fsp3) is 0.500. The lowest BCUT2D eigenvalue weighted by molar-refractivity contribution is 0.0636. The highest BCUT2D eigenvalue weighted by atomic mass is 16.3. The molecule has 1 atom stereocenters. The predicted molar refractivity (Wildman–Crippen MR) is 55.6 cm³/mol. The first-order valence-corrected chi connectivity index (χ1v) is 4.72. The molecule has 0 radical (unpaired) electrons. The molecule has 13 heavy (non-hydrogen) atoms. The first-order chi connectivity index (χ1) is 6.00. The van der Waals surface area contributed by atoms with Gasteiger partial charge in [0.2, 0.25) is 0 Å². The molecular weight excluding hydrogens is 160 g/mol. The van der Waals surface area contributed by atoms with Gasteiger partial charge in [-0.25, -0.2) is 0 Å². The van der Waals surface area contributed by atoms with Crippen molar-refractivity contribution in [1.29, 1.82) is 0 Å². The second-order valence-electron chi connectivity index (χ2n) is 4.57. The third-order valence-electron chi connectivity index (χ3n) is 2.27. The van der Waals surface area contributed by atoms with Gasteiger partial charge in [0.1, 0.15) is 0 Å². The molecule has 1 rings (SSSR count). The quantitative estimate of drug-likeness (QED) is 0.738. The van der Waals surface area contributed by atoms with Crippen LogP contribution in [-0.2, 0) is 6.42 Å². The molecule has 1 nitrogen and oxygen atoms in total. The highest BCUT2D eigenvalue weighted by Crippen LogP contribution is 2.22. The van der Waals surface area contributed by atoms with Gasteiger partial charge in [-0.05, 0) is 17.4 Å². The van der Waals surface area contributed by atoms with Crippen LogP contribution in [0.25, 0.3) is 0 Å². The molecule has 72 valence electrons. The van der Waals surface area contributed by atoms with E-state index < -0.39 is 0 Å². The van der Waals surface area contributed by atoms with Gasteiger partial charge in [-0.15, -0.1) is 0 Å². The zero-order valence-electron chi connectivity index (χ0n) is 8.62. The van der Waals surface area contributed by atoms with Crippen molar-refractivity contribution in [1.82, 2.24) is 0 Å². The van der Waals surface area contributed by atoms with E-state index in [9.17, 15) is 5.11 Å². The summed E-state index contributed by atoms with van der Waals surface area (Å²) in [6, 6.07) is 10.1. The average Bonchev–Trinajstić information content (AvgIpc) is 2.04. The molecule has 1 aromatic rings. The SMILES string of the molecule is CC(C)(C)C(O)Cc1ccccc1. The summed E-state index contributed by atoms with van der Waals surface area (Å²) >= 11 is 0. The molecule has 1 unspecified atom stereocenters. The van der Waals surface area contributed by atoms with Crippen LogP contribution in [0.5, 0.6) is 0 Å². The Balaban J connectivity index is 2.61. The standard InChI is InChI=1S/C12H18O/c1-12(2,3)11(13)9-10-7-5-4-6-8-10/h4-8,11,13H,9H2,1-3H3. The van der Waals surface area contributed by atoms with E-state index in [-0.39, 0.29) is 11.5 Å². The van der Waals surface area contributed by atoms with Crippen molar-refractivity contribution in [2.75, 3.05) is 0 Å². The third kappa shape index (κ3) is 3.19. The molecule has 1 heteroatoms. The number of rotatable bonds is 2. The lowest BCUT2D eigenvalue weighted by Crippen LogP contribution is -2.27. The van der Waals surface area contributed by atoms with Crippen LogP contribution in [0.2, 0.25) is 0 Å². The maximum atomic E-state index is 9.84. The molecule has 0 fully saturated rings. The van der Waals surface area contributed by atoms with Gasteiger partial charge in [0.15, 0.2) is 0 Å². The molecule has 0 aliphatic rings. The molecule has 0 aliphatic heterocycles. The van der Waals surface area contributed by atoms with E-state index in [1.54, 1.807) is 0 Å². The molecule has 0 amide bonds. The Bertz CT molecular complexity index is 246. The highest BCUT2D eigenvalue weighted by Gasteiger charge is 2.21. The van der Waals surface area contributed by atoms with Crippen LogP contribution in [-0.4, -0.2) is 11.2 Å². The fourth-order valence-corrected chi connectivity index (χ4v) is 1.14.